The summed E-state index contributed by atoms with van der Waals surface area (Å²) in [7, 11) is 1.34. The van der Waals surface area contributed by atoms with Crippen LogP contribution in [0, 0.1) is 5.92 Å². The van der Waals surface area contributed by atoms with Crippen LogP contribution >= 0.6 is 11.8 Å². The van der Waals surface area contributed by atoms with Crippen LogP contribution in [-0.4, -0.2) is 42.8 Å². The highest BCUT2D eigenvalue weighted by molar-refractivity contribution is 7.98. The van der Waals surface area contributed by atoms with Gasteiger partial charge in [0.15, 0.2) is 0 Å². The molecule has 0 aliphatic heterocycles. The van der Waals surface area contributed by atoms with Gasteiger partial charge in [0.2, 0.25) is 0 Å². The zero-order chi connectivity index (χ0) is 14.3. The van der Waals surface area contributed by atoms with Crippen LogP contribution < -0.4 is 5.32 Å². The molecule has 0 aromatic rings. The minimum Gasteiger partial charge on any atom is -0.469 e. The molecule has 0 rings (SSSR count). The first kappa shape index (κ1) is 17.1. The number of esters is 1. The van der Waals surface area contributed by atoms with Gasteiger partial charge in [0.25, 0.3) is 0 Å². The number of hydrogen-bond acceptors (Lipinski definition) is 5. The van der Waals surface area contributed by atoms with Crippen molar-refractivity contribution in [3.05, 3.63) is 0 Å². The Bertz CT molecular complexity index is 288. The van der Waals surface area contributed by atoms with Gasteiger partial charge in [0.1, 0.15) is 5.60 Å². The van der Waals surface area contributed by atoms with Crippen LogP contribution in [-0.2, 0) is 14.3 Å². The van der Waals surface area contributed by atoms with E-state index in [2.05, 4.69) is 5.32 Å². The average Bonchev–Trinajstić information content (AvgIpc) is 2.21. The standard InChI is InChI=1S/C12H23NO4S/c1-8(9(7-18-6)10(14)16-5)13-11(15)17-12(2,3)4/h8-9H,7H2,1-6H3,(H,13,15)/t8-,9?/m1/s1. The number of methoxy groups -OCH3 is 1. The second kappa shape index (κ2) is 7.51. The van der Waals surface area contributed by atoms with Crippen molar-refractivity contribution in [2.45, 2.75) is 39.3 Å². The fraction of sp³-hybridized carbons (Fsp3) is 0.833. The minimum absolute atomic E-state index is 0.326. The van der Waals surface area contributed by atoms with Crippen molar-refractivity contribution in [1.29, 1.82) is 0 Å². The molecule has 0 aliphatic carbocycles. The zero-order valence-electron chi connectivity index (χ0n) is 11.9. The highest BCUT2D eigenvalue weighted by Gasteiger charge is 2.28. The summed E-state index contributed by atoms with van der Waals surface area (Å²) in [5.41, 5.74) is -0.552. The quantitative estimate of drug-likeness (QED) is 0.779. The van der Waals surface area contributed by atoms with Crippen molar-refractivity contribution in [2.75, 3.05) is 19.1 Å². The van der Waals surface area contributed by atoms with Crippen LogP contribution in [0.15, 0.2) is 0 Å². The van der Waals surface area contributed by atoms with E-state index in [0.717, 1.165) is 0 Å². The molecule has 0 aromatic carbocycles. The Balaban J connectivity index is 4.46. The Morgan fingerprint density at radius 2 is 1.89 bits per heavy atom. The lowest BCUT2D eigenvalue weighted by Crippen LogP contribution is -2.44. The molecule has 18 heavy (non-hydrogen) atoms. The Hall–Kier alpha value is -0.910. The number of ether oxygens (including phenoxy) is 2. The molecule has 1 N–H and O–H groups in total. The third-order valence-electron chi connectivity index (χ3n) is 2.20. The molecule has 0 fully saturated rings. The highest BCUT2D eigenvalue weighted by Crippen LogP contribution is 2.13. The molecule has 0 heterocycles. The van der Waals surface area contributed by atoms with E-state index < -0.39 is 11.7 Å². The normalized spacial score (nSPS) is 14.6. The van der Waals surface area contributed by atoms with Crippen molar-refractivity contribution in [3.8, 4) is 0 Å². The Kier molecular flexibility index (Phi) is 7.13. The van der Waals surface area contributed by atoms with Gasteiger partial charge in [-0.1, -0.05) is 0 Å². The van der Waals surface area contributed by atoms with E-state index in [4.69, 9.17) is 9.47 Å². The predicted octanol–water partition coefficient (Wildman–Crippen LogP) is 2.05. The van der Waals surface area contributed by atoms with Crippen LogP contribution in [0.2, 0.25) is 0 Å². The van der Waals surface area contributed by atoms with Crippen LogP contribution in [0.3, 0.4) is 0 Å². The monoisotopic (exact) mass is 277 g/mol. The Morgan fingerprint density at radius 1 is 1.33 bits per heavy atom. The SMILES string of the molecule is COC(=O)C(CSC)[C@@H](C)NC(=O)OC(C)(C)C. The minimum atomic E-state index is -0.552. The van der Waals surface area contributed by atoms with Gasteiger partial charge in [-0.3, -0.25) is 4.79 Å². The van der Waals surface area contributed by atoms with Crippen LogP contribution in [0.1, 0.15) is 27.7 Å². The zero-order valence-corrected chi connectivity index (χ0v) is 12.7. The van der Waals surface area contributed by atoms with E-state index in [9.17, 15) is 9.59 Å². The number of nitrogens with one attached hydrogen (secondary N) is 1. The molecule has 0 bridgehead atoms. The fourth-order valence-electron chi connectivity index (χ4n) is 1.34. The second-order valence-electron chi connectivity index (χ2n) is 5.02. The van der Waals surface area contributed by atoms with Crippen molar-refractivity contribution in [1.82, 2.24) is 5.32 Å². The summed E-state index contributed by atoms with van der Waals surface area (Å²) in [6.07, 6.45) is 1.38. The molecule has 106 valence electrons. The summed E-state index contributed by atoms with van der Waals surface area (Å²) in [5.74, 6) is -0.116. The van der Waals surface area contributed by atoms with Gasteiger partial charge in [0, 0.05) is 11.8 Å². The fourth-order valence-corrected chi connectivity index (χ4v) is 2.13. The first-order valence-corrected chi connectivity index (χ1v) is 7.17. The molecule has 0 radical (unpaired) electrons. The number of carbonyl (C=O) groups is 2. The first-order valence-electron chi connectivity index (χ1n) is 5.77. The van der Waals surface area contributed by atoms with Crippen molar-refractivity contribution in [3.63, 3.8) is 0 Å². The molecule has 2 atom stereocenters. The van der Waals surface area contributed by atoms with Gasteiger partial charge in [0.05, 0.1) is 13.0 Å². The van der Waals surface area contributed by atoms with E-state index in [1.54, 1.807) is 27.7 Å². The van der Waals surface area contributed by atoms with Gasteiger partial charge in [-0.25, -0.2) is 4.79 Å². The summed E-state index contributed by atoms with van der Waals surface area (Å²) in [5, 5.41) is 2.66. The van der Waals surface area contributed by atoms with Gasteiger partial charge in [-0.15, -0.1) is 0 Å². The lowest BCUT2D eigenvalue weighted by molar-refractivity contribution is -0.145. The lowest BCUT2D eigenvalue weighted by Gasteiger charge is -2.25. The van der Waals surface area contributed by atoms with Crippen molar-refractivity contribution in [2.24, 2.45) is 5.92 Å². The van der Waals surface area contributed by atoms with E-state index in [-0.39, 0.29) is 17.9 Å². The largest absolute Gasteiger partial charge is 0.469 e. The first-order chi connectivity index (χ1) is 8.21. The number of amides is 1. The third kappa shape index (κ3) is 6.74. The molecule has 0 aliphatic rings. The maximum atomic E-state index is 11.6. The highest BCUT2D eigenvalue weighted by atomic mass is 32.2. The van der Waals surface area contributed by atoms with Crippen LogP contribution in [0.25, 0.3) is 0 Å². The number of thioether (sulfide) groups is 1. The van der Waals surface area contributed by atoms with E-state index in [1.807, 2.05) is 6.26 Å². The predicted molar refractivity (Wildman–Crippen MR) is 72.7 cm³/mol. The van der Waals surface area contributed by atoms with Crippen LogP contribution in [0.5, 0.6) is 0 Å². The third-order valence-corrected chi connectivity index (χ3v) is 2.89. The summed E-state index contributed by atoms with van der Waals surface area (Å²) < 4.78 is 9.87. The van der Waals surface area contributed by atoms with Gasteiger partial charge < -0.3 is 14.8 Å². The average molecular weight is 277 g/mol. The summed E-state index contributed by atoms with van der Waals surface area (Å²) in [6.45, 7) is 7.13. The van der Waals surface area contributed by atoms with Crippen molar-refractivity contribution < 1.29 is 19.1 Å². The van der Waals surface area contributed by atoms with Gasteiger partial charge in [-0.2, -0.15) is 11.8 Å². The smallest absolute Gasteiger partial charge is 0.407 e. The molecule has 0 saturated heterocycles. The number of carbonyl (C=O) groups excluding carboxylic acids is 2. The van der Waals surface area contributed by atoms with E-state index >= 15 is 0 Å². The maximum Gasteiger partial charge on any atom is 0.407 e. The number of hydrogen-bond donors (Lipinski definition) is 1. The number of rotatable bonds is 5. The molecule has 0 saturated carbocycles. The van der Waals surface area contributed by atoms with E-state index in [0.29, 0.717) is 5.75 Å². The Labute approximate surface area is 113 Å². The molecule has 1 amide bonds. The van der Waals surface area contributed by atoms with Gasteiger partial charge >= 0.3 is 12.1 Å². The molecule has 5 nitrogen and oxygen atoms in total. The lowest BCUT2D eigenvalue weighted by atomic mass is 10.0. The second-order valence-corrected chi connectivity index (χ2v) is 5.93. The molecule has 0 aromatic heterocycles. The number of alkyl carbamates (subject to hydrolysis) is 1. The molecule has 0 spiro atoms. The van der Waals surface area contributed by atoms with Gasteiger partial charge in [-0.05, 0) is 34.0 Å². The molecule has 1 unspecified atom stereocenters. The topological polar surface area (TPSA) is 64.6 Å². The molecule has 6 heteroatoms. The maximum absolute atomic E-state index is 11.6. The summed E-state index contributed by atoms with van der Waals surface area (Å²) in [6, 6.07) is -0.334. The summed E-state index contributed by atoms with van der Waals surface area (Å²) in [4.78, 5) is 23.2. The van der Waals surface area contributed by atoms with Crippen LogP contribution in [0.4, 0.5) is 4.79 Å². The van der Waals surface area contributed by atoms with Crippen molar-refractivity contribution >= 4 is 23.8 Å². The Morgan fingerprint density at radius 3 is 2.28 bits per heavy atom. The molecular formula is C12H23NO4S. The van der Waals surface area contributed by atoms with E-state index in [1.165, 1.54) is 18.9 Å². The molecular weight excluding hydrogens is 254 g/mol. The summed E-state index contributed by atoms with van der Waals surface area (Å²) >= 11 is 1.53.